The van der Waals surface area contributed by atoms with E-state index >= 15 is 0 Å². The molecule has 3 N–H and O–H groups in total. The molecule has 15 nitrogen and oxygen atoms in total. The largest absolute Gasteiger partial charge is 0.480 e. The van der Waals surface area contributed by atoms with E-state index in [4.69, 9.17) is 27.8 Å². The molecule has 2 heterocycles. The summed E-state index contributed by atoms with van der Waals surface area (Å²) >= 11 is 0. The molecule has 216 valence electrons. The fraction of sp³-hybridized carbons (Fsp3) is 0.727. The number of carbonyl (C=O) groups is 2. The van der Waals surface area contributed by atoms with Crippen LogP contribution in [-0.4, -0.2) is 69.7 Å². The maximum atomic E-state index is 13.2. The van der Waals surface area contributed by atoms with Gasteiger partial charge in [0.2, 0.25) is 13.6 Å². The van der Waals surface area contributed by atoms with Crippen molar-refractivity contribution in [1.82, 2.24) is 9.55 Å². The summed E-state index contributed by atoms with van der Waals surface area (Å²) in [7, 11) is -4.61. The standard InChI is InChI=1S/C22H35N2O13P/c1-20(2,3)17(27)32-11-35-38(31,36-12-33-18(28)21(4,5)6)34-10-13-15(26)22(7,30)16(37-13)24-9-8-14(25)23-19(24)29/h8-9,13,15-16,26,30H,10-12H2,1-7H3,(H,23,25,29)/t13-,15?,16-,22-/m1/s1. The Morgan fingerprint density at radius 3 is 2.00 bits per heavy atom. The predicted molar refractivity (Wildman–Crippen MR) is 128 cm³/mol. The van der Waals surface area contributed by atoms with Crippen LogP contribution in [0, 0.1) is 10.8 Å². The molecule has 1 aromatic heterocycles. The number of nitrogens with one attached hydrogen (secondary N) is 1. The minimum Gasteiger partial charge on any atom is -0.437 e. The second-order valence-electron chi connectivity index (χ2n) is 10.8. The predicted octanol–water partition coefficient (Wildman–Crippen LogP) is 0.797. The second kappa shape index (κ2) is 11.8. The van der Waals surface area contributed by atoms with Crippen molar-refractivity contribution >= 4 is 19.8 Å². The zero-order chi connectivity index (χ0) is 29.1. The van der Waals surface area contributed by atoms with Gasteiger partial charge >= 0.3 is 25.5 Å². The average molecular weight is 566 g/mol. The van der Waals surface area contributed by atoms with Crippen molar-refractivity contribution in [3.63, 3.8) is 0 Å². The van der Waals surface area contributed by atoms with Crippen LogP contribution in [0.3, 0.4) is 0 Å². The summed E-state index contributed by atoms with van der Waals surface area (Å²) in [5.41, 5.74) is -5.42. The molecular formula is C22H35N2O13P. The summed E-state index contributed by atoms with van der Waals surface area (Å²) in [4.78, 5) is 49.5. The van der Waals surface area contributed by atoms with Crippen LogP contribution in [0.2, 0.25) is 0 Å². The average Bonchev–Trinajstić information content (AvgIpc) is 3.00. The Labute approximate surface area is 218 Å². The molecule has 0 spiro atoms. The Kier molecular flexibility index (Phi) is 9.87. The molecule has 4 atom stereocenters. The van der Waals surface area contributed by atoms with Crippen molar-refractivity contribution in [1.29, 1.82) is 0 Å². The van der Waals surface area contributed by atoms with E-state index in [0.29, 0.717) is 0 Å². The SMILES string of the molecule is CC(C)(C)C(=O)OCOP(=O)(OCOC(=O)C(C)(C)C)OC[C@H]1O[C@@H](n2ccc(=O)[nH]c2=O)[C@](C)(O)C1O. The lowest BCUT2D eigenvalue weighted by Gasteiger charge is -2.27. The lowest BCUT2D eigenvalue weighted by Crippen LogP contribution is -2.46. The number of aromatic amines is 1. The second-order valence-corrected chi connectivity index (χ2v) is 12.5. The quantitative estimate of drug-likeness (QED) is 0.204. The summed E-state index contributed by atoms with van der Waals surface area (Å²) in [5, 5.41) is 21.4. The Bertz CT molecular complexity index is 1130. The van der Waals surface area contributed by atoms with E-state index in [2.05, 4.69) is 0 Å². The van der Waals surface area contributed by atoms with Crippen molar-refractivity contribution < 1.29 is 52.1 Å². The van der Waals surface area contributed by atoms with Crippen molar-refractivity contribution in [2.24, 2.45) is 10.8 Å². The van der Waals surface area contributed by atoms with Crippen LogP contribution < -0.4 is 11.2 Å². The highest BCUT2D eigenvalue weighted by atomic mass is 31.2. The molecule has 38 heavy (non-hydrogen) atoms. The van der Waals surface area contributed by atoms with Gasteiger partial charge in [0.15, 0.2) is 6.23 Å². The minimum atomic E-state index is -4.61. The van der Waals surface area contributed by atoms with E-state index in [9.17, 15) is 34.0 Å². The number of H-pyrrole nitrogens is 1. The number of ether oxygens (including phenoxy) is 3. The van der Waals surface area contributed by atoms with Crippen LogP contribution >= 0.6 is 7.82 Å². The van der Waals surface area contributed by atoms with Crippen molar-refractivity contribution in [2.45, 2.75) is 72.5 Å². The molecule has 1 aliphatic rings. The van der Waals surface area contributed by atoms with Crippen LogP contribution in [0.15, 0.2) is 21.9 Å². The molecule has 16 heteroatoms. The van der Waals surface area contributed by atoms with Gasteiger partial charge in [0, 0.05) is 12.3 Å². The third kappa shape index (κ3) is 8.06. The number of esters is 2. The smallest absolute Gasteiger partial charge is 0.437 e. The molecule has 1 saturated heterocycles. The number of aliphatic hydroxyl groups is 2. The first-order valence-electron chi connectivity index (χ1n) is 11.5. The number of rotatable bonds is 10. The van der Waals surface area contributed by atoms with Crippen LogP contribution in [0.25, 0.3) is 0 Å². The van der Waals surface area contributed by atoms with Crippen molar-refractivity contribution in [3.8, 4) is 0 Å². The Balaban J connectivity index is 2.14. The van der Waals surface area contributed by atoms with Crippen LogP contribution in [0.4, 0.5) is 0 Å². The number of phosphoric ester groups is 1. The lowest BCUT2D eigenvalue weighted by molar-refractivity contribution is -0.163. The first-order valence-corrected chi connectivity index (χ1v) is 13.0. The van der Waals surface area contributed by atoms with Gasteiger partial charge in [0.25, 0.3) is 5.56 Å². The van der Waals surface area contributed by atoms with Gasteiger partial charge in [-0.15, -0.1) is 0 Å². The molecule has 1 unspecified atom stereocenters. The first kappa shape index (κ1) is 31.8. The Hall–Kier alpha value is -2.39. The highest BCUT2D eigenvalue weighted by Gasteiger charge is 2.54. The zero-order valence-electron chi connectivity index (χ0n) is 22.3. The van der Waals surface area contributed by atoms with Crippen molar-refractivity contribution in [3.05, 3.63) is 33.1 Å². The van der Waals surface area contributed by atoms with Gasteiger partial charge < -0.3 is 24.4 Å². The van der Waals surface area contributed by atoms with E-state index in [1.807, 2.05) is 4.98 Å². The zero-order valence-corrected chi connectivity index (χ0v) is 23.2. The topological polar surface area (TPSA) is 202 Å². The van der Waals surface area contributed by atoms with E-state index < -0.39 is 86.1 Å². The minimum absolute atomic E-state index is 0.678. The number of nitrogens with zero attached hydrogens (tertiary/aromatic N) is 1. The summed E-state index contributed by atoms with van der Waals surface area (Å²) in [6.07, 6.45) is -3.43. The maximum Gasteiger partial charge on any atom is 0.480 e. The van der Waals surface area contributed by atoms with Gasteiger partial charge in [0.1, 0.15) is 17.8 Å². The number of aromatic nitrogens is 2. The number of carbonyl (C=O) groups excluding carboxylic acids is 2. The van der Waals surface area contributed by atoms with Gasteiger partial charge in [-0.25, -0.2) is 18.4 Å². The number of phosphoric acid groups is 1. The molecule has 0 radical (unpaired) electrons. The lowest BCUT2D eigenvalue weighted by atomic mass is 9.96. The fourth-order valence-electron chi connectivity index (χ4n) is 2.99. The summed E-state index contributed by atoms with van der Waals surface area (Å²) in [6.45, 7) is 8.31. The van der Waals surface area contributed by atoms with Crippen molar-refractivity contribution in [2.75, 3.05) is 20.2 Å². The van der Waals surface area contributed by atoms with Gasteiger partial charge in [0.05, 0.1) is 17.4 Å². The third-order valence-corrected chi connectivity index (χ3v) is 6.59. The number of hydrogen-bond donors (Lipinski definition) is 3. The molecule has 1 aromatic rings. The van der Waals surface area contributed by atoms with Crippen LogP contribution in [0.5, 0.6) is 0 Å². The van der Waals surface area contributed by atoms with Gasteiger partial charge in [-0.3, -0.25) is 28.5 Å². The normalized spacial score (nSPS) is 24.3. The summed E-state index contributed by atoms with van der Waals surface area (Å²) < 4.78 is 44.8. The number of hydrogen-bond acceptors (Lipinski definition) is 13. The van der Waals surface area contributed by atoms with Gasteiger partial charge in [-0.1, -0.05) is 0 Å². The molecule has 0 bridgehead atoms. The maximum absolute atomic E-state index is 13.2. The highest BCUT2D eigenvalue weighted by molar-refractivity contribution is 7.48. The van der Waals surface area contributed by atoms with E-state index in [1.165, 1.54) is 6.92 Å². The fourth-order valence-corrected chi connectivity index (χ4v) is 3.90. The summed E-state index contributed by atoms with van der Waals surface area (Å²) in [6, 6.07) is 1.02. The third-order valence-electron chi connectivity index (χ3n) is 5.28. The van der Waals surface area contributed by atoms with E-state index in [-0.39, 0.29) is 0 Å². The van der Waals surface area contributed by atoms with Gasteiger partial charge in [-0.2, -0.15) is 0 Å². The molecule has 1 fully saturated rings. The molecule has 0 amide bonds. The highest BCUT2D eigenvalue weighted by Crippen LogP contribution is 2.50. The summed E-state index contributed by atoms with van der Waals surface area (Å²) in [5.74, 6) is -1.36. The van der Waals surface area contributed by atoms with E-state index in [0.717, 1.165) is 16.8 Å². The molecular weight excluding hydrogens is 531 g/mol. The Morgan fingerprint density at radius 1 is 1.05 bits per heavy atom. The van der Waals surface area contributed by atoms with Crippen LogP contribution in [-0.2, 0) is 41.9 Å². The molecule has 0 aromatic carbocycles. The molecule has 2 rings (SSSR count). The van der Waals surface area contributed by atoms with Crippen LogP contribution in [0.1, 0.15) is 54.7 Å². The number of aliphatic hydroxyl groups excluding tert-OH is 1. The molecule has 0 aliphatic carbocycles. The van der Waals surface area contributed by atoms with E-state index in [1.54, 1.807) is 41.5 Å². The molecule has 0 saturated carbocycles. The van der Waals surface area contributed by atoms with Gasteiger partial charge in [-0.05, 0) is 48.5 Å². The first-order chi connectivity index (χ1) is 17.3. The molecule has 1 aliphatic heterocycles. The Morgan fingerprint density at radius 2 is 1.55 bits per heavy atom. The monoisotopic (exact) mass is 566 g/mol.